The van der Waals surface area contributed by atoms with Gasteiger partial charge in [-0.3, -0.25) is 39.4 Å². The Hall–Kier alpha value is -5.24. The summed E-state index contributed by atoms with van der Waals surface area (Å²) in [5, 5.41) is 10.3. The maximum Gasteiger partial charge on any atom is 0.329 e. The molecule has 1 aliphatic carbocycles. The predicted molar refractivity (Wildman–Crippen MR) is 229 cm³/mol. The standard InChI is InChI=1S/C40H50F2N14O3.C3H6/c1-44-28-18-33(48-56-31(36(43)58)19-45-37(28)56)53-12-7-27-25(4-2-5-29(27)53)21-49-11-8-32(40(41,42)24-49)52-22-26(23-52)50-14-16-51(17-15-50)30-6-3-10-54-35(20-46-38(30)54)55-13-9-34(57)47-39(55)59;1-2-3-1/h2,4-5,18-20,26,30,32,44H,3,6-17,21-24H2,1H3,(H2,43,58)(H,47,57,59);1-3H2. The van der Waals surface area contributed by atoms with E-state index < -0.39 is 23.9 Å². The van der Waals surface area contributed by atoms with Crippen molar-refractivity contribution in [3.8, 4) is 0 Å². The third kappa shape index (κ3) is 7.66. The molecule has 2 unspecified atom stereocenters. The molecule has 6 aliphatic heterocycles. The Kier molecular flexibility index (Phi) is 10.8. The van der Waals surface area contributed by atoms with E-state index in [0.717, 1.165) is 80.4 Å². The van der Waals surface area contributed by atoms with Crippen LogP contribution in [0, 0.1) is 0 Å². The van der Waals surface area contributed by atoms with Crippen LogP contribution in [0.2, 0.25) is 0 Å². The average Bonchev–Trinajstić information content (AvgIpc) is 3.79. The summed E-state index contributed by atoms with van der Waals surface area (Å²) in [5.41, 5.74) is 10.2. The fraction of sp³-hybridized carbons (Fsp3) is 0.581. The van der Waals surface area contributed by atoms with E-state index in [4.69, 9.17) is 15.8 Å². The summed E-state index contributed by atoms with van der Waals surface area (Å²) in [6, 6.07) is 7.22. The predicted octanol–water partition coefficient (Wildman–Crippen LogP) is 3.42. The number of carbonyl (C=O) groups is 3. The van der Waals surface area contributed by atoms with Crippen LogP contribution in [0.3, 0.4) is 0 Å². The lowest BCUT2D eigenvalue weighted by molar-refractivity contribution is -0.155. The van der Waals surface area contributed by atoms with Crippen LogP contribution in [0.25, 0.3) is 5.65 Å². The quantitative estimate of drug-likeness (QED) is 0.225. The molecule has 0 radical (unpaired) electrons. The minimum atomic E-state index is -2.83. The molecule has 3 aromatic heterocycles. The van der Waals surface area contributed by atoms with E-state index >= 15 is 8.78 Å². The van der Waals surface area contributed by atoms with Crippen molar-refractivity contribution in [1.82, 2.24) is 49.1 Å². The smallest absolute Gasteiger partial charge is 0.329 e. The number of likely N-dealkylation sites (tertiary alicyclic amines) is 2. The molecule has 11 rings (SSSR count). The molecule has 19 heteroatoms. The lowest BCUT2D eigenvalue weighted by Gasteiger charge is -2.54. The number of piperidine rings is 1. The van der Waals surface area contributed by atoms with E-state index in [1.54, 1.807) is 18.1 Å². The van der Waals surface area contributed by atoms with E-state index in [0.29, 0.717) is 62.8 Å². The molecule has 9 heterocycles. The summed E-state index contributed by atoms with van der Waals surface area (Å²) < 4.78 is 35.6. The van der Waals surface area contributed by atoms with Gasteiger partial charge in [-0.05, 0) is 42.9 Å². The minimum absolute atomic E-state index is 0.159. The number of imide groups is 1. The number of piperazine rings is 1. The number of imidazole rings is 2. The van der Waals surface area contributed by atoms with Gasteiger partial charge < -0.3 is 20.5 Å². The van der Waals surface area contributed by atoms with Crippen molar-refractivity contribution in [2.45, 2.75) is 88.5 Å². The zero-order valence-corrected chi connectivity index (χ0v) is 35.3. The number of fused-ring (bicyclic) bond motifs is 3. The van der Waals surface area contributed by atoms with Crippen molar-refractivity contribution in [3.63, 3.8) is 0 Å². The zero-order valence-electron chi connectivity index (χ0n) is 35.3. The lowest BCUT2D eigenvalue weighted by Crippen LogP contribution is -2.69. The first-order valence-electron chi connectivity index (χ1n) is 22.3. The van der Waals surface area contributed by atoms with Crippen molar-refractivity contribution >= 4 is 46.5 Å². The maximum atomic E-state index is 16.0. The molecule has 1 saturated carbocycles. The summed E-state index contributed by atoms with van der Waals surface area (Å²) in [5.74, 6) is -1.35. The van der Waals surface area contributed by atoms with Crippen LogP contribution in [0.5, 0.6) is 0 Å². The second-order valence-electron chi connectivity index (χ2n) is 17.8. The molecule has 0 bridgehead atoms. The molecule has 7 aliphatic rings. The molecule has 62 heavy (non-hydrogen) atoms. The maximum absolute atomic E-state index is 16.0. The van der Waals surface area contributed by atoms with Crippen molar-refractivity contribution in [1.29, 1.82) is 0 Å². The molecular weight excluding hydrogens is 799 g/mol. The molecule has 4 N–H and O–H groups in total. The fourth-order valence-corrected chi connectivity index (χ4v) is 10.3. The van der Waals surface area contributed by atoms with Gasteiger partial charge in [0, 0.05) is 103 Å². The normalized spacial score (nSPS) is 24.6. The van der Waals surface area contributed by atoms with Gasteiger partial charge in [0.05, 0.1) is 36.7 Å². The molecule has 0 spiro atoms. The Bertz CT molecular complexity index is 2350. The van der Waals surface area contributed by atoms with Crippen molar-refractivity contribution < 1.29 is 23.2 Å². The number of primary amides is 1. The number of nitrogens with two attached hydrogens (primary N) is 1. The van der Waals surface area contributed by atoms with Crippen LogP contribution < -0.4 is 26.2 Å². The number of urea groups is 1. The molecule has 330 valence electrons. The molecule has 5 fully saturated rings. The first-order chi connectivity index (χ1) is 30.1. The number of nitrogens with one attached hydrogen (secondary N) is 2. The van der Waals surface area contributed by atoms with Gasteiger partial charge in [-0.15, -0.1) is 5.10 Å². The first-order valence-corrected chi connectivity index (χ1v) is 22.3. The highest BCUT2D eigenvalue weighted by molar-refractivity contribution is 6.05. The number of hydrogen-bond acceptors (Lipinski definition) is 12. The number of aromatic nitrogens is 5. The van der Waals surface area contributed by atoms with Gasteiger partial charge in [-0.1, -0.05) is 31.4 Å². The summed E-state index contributed by atoms with van der Waals surface area (Å²) in [6.07, 6.45) is 11.1. The Labute approximate surface area is 359 Å². The SMILES string of the molecule is C1CC1.CNc1cc(N2CCc3c(CN4CCC(N5CC(N6CCN(C7CCCn8c(N9CCC(=O)NC9=O)cnc87)CC6)C5)C(F)(F)C4)cccc32)nn2c(C(N)=O)cnc12. The lowest BCUT2D eigenvalue weighted by atomic mass is 9.92. The van der Waals surface area contributed by atoms with Crippen molar-refractivity contribution in [2.24, 2.45) is 5.73 Å². The van der Waals surface area contributed by atoms with Gasteiger partial charge in [0.2, 0.25) is 5.91 Å². The zero-order chi connectivity index (χ0) is 42.7. The number of carbonyl (C=O) groups excluding carboxylic acids is 3. The van der Waals surface area contributed by atoms with Crippen molar-refractivity contribution in [3.05, 3.63) is 59.3 Å². The molecule has 2 atom stereocenters. The number of alkyl halides is 2. The Morgan fingerprint density at radius 2 is 1.68 bits per heavy atom. The Balaban J connectivity index is 0.00000147. The van der Waals surface area contributed by atoms with E-state index in [1.165, 1.54) is 30.0 Å². The number of rotatable bonds is 9. The van der Waals surface area contributed by atoms with Gasteiger partial charge in [-0.25, -0.2) is 28.1 Å². The van der Waals surface area contributed by atoms with Crippen LogP contribution in [-0.2, 0) is 24.3 Å². The van der Waals surface area contributed by atoms with E-state index in [-0.39, 0.29) is 36.7 Å². The summed E-state index contributed by atoms with van der Waals surface area (Å²) in [6.45, 7) is 7.42. The number of halogens is 2. The third-order valence-corrected chi connectivity index (χ3v) is 13.8. The second-order valence-corrected chi connectivity index (χ2v) is 17.8. The van der Waals surface area contributed by atoms with Gasteiger partial charge in [0.25, 0.3) is 11.8 Å². The average molecular weight is 855 g/mol. The molecule has 4 amide bonds. The van der Waals surface area contributed by atoms with Crippen LogP contribution in [0.4, 0.5) is 36.6 Å². The Morgan fingerprint density at radius 3 is 2.40 bits per heavy atom. The van der Waals surface area contributed by atoms with Crippen LogP contribution in [-0.4, -0.2) is 152 Å². The molecular formula is C43H56F2N14O3. The van der Waals surface area contributed by atoms with Gasteiger partial charge in [0.1, 0.15) is 17.3 Å². The van der Waals surface area contributed by atoms with Crippen LogP contribution in [0.15, 0.2) is 36.7 Å². The summed E-state index contributed by atoms with van der Waals surface area (Å²) in [7, 11) is 1.79. The van der Waals surface area contributed by atoms with Crippen LogP contribution >= 0.6 is 0 Å². The van der Waals surface area contributed by atoms with Gasteiger partial charge in [0.15, 0.2) is 11.5 Å². The highest BCUT2D eigenvalue weighted by atomic mass is 19.3. The highest BCUT2D eigenvalue weighted by Crippen LogP contribution is 2.40. The number of nitrogens with zero attached hydrogens (tertiary/aromatic N) is 11. The third-order valence-electron chi connectivity index (χ3n) is 13.8. The molecule has 1 aromatic carbocycles. The van der Waals surface area contributed by atoms with E-state index in [9.17, 15) is 14.4 Å². The number of hydrogen-bond donors (Lipinski definition) is 3. The first kappa shape index (κ1) is 40.8. The van der Waals surface area contributed by atoms with E-state index in [2.05, 4.69) is 34.9 Å². The van der Waals surface area contributed by atoms with E-state index in [1.807, 2.05) is 34.1 Å². The fourth-order valence-electron chi connectivity index (χ4n) is 10.3. The van der Waals surface area contributed by atoms with Gasteiger partial charge in [-0.2, -0.15) is 0 Å². The second kappa shape index (κ2) is 16.5. The topological polar surface area (TPSA) is 169 Å². The molecule has 17 nitrogen and oxygen atoms in total. The number of anilines is 4. The highest BCUT2D eigenvalue weighted by Gasteiger charge is 2.51. The minimum Gasteiger partial charge on any atom is -0.385 e. The number of benzene rings is 1. The monoisotopic (exact) mass is 854 g/mol. The van der Waals surface area contributed by atoms with Crippen molar-refractivity contribution in [2.75, 3.05) is 87.6 Å². The molecule has 4 aromatic rings. The van der Waals surface area contributed by atoms with Crippen LogP contribution in [0.1, 0.15) is 78.4 Å². The summed E-state index contributed by atoms with van der Waals surface area (Å²) in [4.78, 5) is 58.0. The summed E-state index contributed by atoms with van der Waals surface area (Å²) >= 11 is 0. The van der Waals surface area contributed by atoms with Gasteiger partial charge >= 0.3 is 6.03 Å². The largest absolute Gasteiger partial charge is 0.385 e. The Morgan fingerprint density at radius 1 is 0.903 bits per heavy atom. The molecule has 4 saturated heterocycles. The number of amides is 4.